The molecule has 1 radical (unpaired) electrons. The lowest BCUT2D eigenvalue weighted by molar-refractivity contribution is 0.668. The molecule has 1 atom stereocenters. The van der Waals surface area contributed by atoms with Gasteiger partial charge in [0.25, 0.3) is 0 Å². The molecule has 13 heavy (non-hydrogen) atoms. The van der Waals surface area contributed by atoms with E-state index in [4.69, 9.17) is 11.6 Å². The van der Waals surface area contributed by atoms with Gasteiger partial charge in [-0.3, -0.25) is 0 Å². The molecule has 1 aromatic rings. The van der Waals surface area contributed by atoms with Crippen LogP contribution in [0, 0.1) is 12.3 Å². The van der Waals surface area contributed by atoms with E-state index in [1.807, 2.05) is 6.07 Å². The van der Waals surface area contributed by atoms with Gasteiger partial charge in [-0.05, 0) is 46.3 Å². The predicted octanol–water partition coefficient (Wildman–Crippen LogP) is 3.90. The minimum Gasteiger partial charge on any atom is -0.243 e. The zero-order valence-electron chi connectivity index (χ0n) is 7.72. The molecule has 0 spiro atoms. The first kappa shape index (κ1) is 11.0. The summed E-state index contributed by atoms with van der Waals surface area (Å²) in [7, 11) is 0. The second-order valence-corrected chi connectivity index (χ2v) is 4.24. The van der Waals surface area contributed by atoms with Crippen molar-refractivity contribution in [3.05, 3.63) is 33.9 Å². The fraction of sp³-hybridized carbons (Fsp3) is 0.400. The van der Waals surface area contributed by atoms with Crippen LogP contribution in [0.5, 0.6) is 0 Å². The van der Waals surface area contributed by atoms with Crippen LogP contribution in [0.15, 0.2) is 16.7 Å². The van der Waals surface area contributed by atoms with Gasteiger partial charge in [0.15, 0.2) is 0 Å². The summed E-state index contributed by atoms with van der Waals surface area (Å²) in [5, 5.41) is 0.542. The number of aromatic nitrogens is 1. The maximum absolute atomic E-state index is 5.87. The molecule has 0 aliphatic heterocycles. The molecule has 0 fully saturated rings. The number of rotatable bonds is 3. The standard InChI is InChI=1S/C10H12BrClN/c1-3-7(2)6-8-4-5-13-10(12)9(8)11/h3-5,7H,6H2,1-2H3. The molecule has 0 aliphatic rings. The average Bonchev–Trinajstić information content (AvgIpc) is 2.13. The third-order valence-corrected chi connectivity index (χ3v) is 3.44. The minimum absolute atomic E-state index is 0.542. The summed E-state index contributed by atoms with van der Waals surface area (Å²) in [4.78, 5) is 3.98. The van der Waals surface area contributed by atoms with Crippen molar-refractivity contribution in [1.82, 2.24) is 4.98 Å². The van der Waals surface area contributed by atoms with Crippen molar-refractivity contribution < 1.29 is 0 Å². The number of nitrogens with zero attached hydrogens (tertiary/aromatic N) is 1. The molecule has 1 heterocycles. The van der Waals surface area contributed by atoms with Crippen molar-refractivity contribution >= 4 is 27.5 Å². The molecule has 1 nitrogen and oxygen atoms in total. The Morgan fingerprint density at radius 3 is 3.00 bits per heavy atom. The molecule has 1 rings (SSSR count). The monoisotopic (exact) mass is 260 g/mol. The summed E-state index contributed by atoms with van der Waals surface area (Å²) in [6, 6.07) is 2.00. The highest BCUT2D eigenvalue weighted by atomic mass is 79.9. The normalized spacial score (nSPS) is 12.9. The first-order chi connectivity index (χ1) is 6.15. The van der Waals surface area contributed by atoms with Crippen LogP contribution in [0.2, 0.25) is 5.15 Å². The van der Waals surface area contributed by atoms with Gasteiger partial charge < -0.3 is 0 Å². The van der Waals surface area contributed by atoms with Crippen LogP contribution >= 0.6 is 27.5 Å². The van der Waals surface area contributed by atoms with Crippen molar-refractivity contribution in [2.75, 3.05) is 0 Å². The Morgan fingerprint density at radius 2 is 2.38 bits per heavy atom. The van der Waals surface area contributed by atoms with Crippen LogP contribution < -0.4 is 0 Å². The number of hydrogen-bond donors (Lipinski definition) is 0. The first-order valence-corrected chi connectivity index (χ1v) is 5.40. The zero-order valence-corrected chi connectivity index (χ0v) is 10.1. The van der Waals surface area contributed by atoms with Crippen molar-refractivity contribution in [3.63, 3.8) is 0 Å². The molecule has 0 bridgehead atoms. The van der Waals surface area contributed by atoms with Crippen LogP contribution in [0.4, 0.5) is 0 Å². The van der Waals surface area contributed by atoms with Crippen LogP contribution in [-0.2, 0) is 6.42 Å². The van der Waals surface area contributed by atoms with E-state index in [1.165, 1.54) is 5.56 Å². The summed E-state index contributed by atoms with van der Waals surface area (Å²) >= 11 is 9.30. The van der Waals surface area contributed by atoms with Gasteiger partial charge in [0, 0.05) is 6.20 Å². The van der Waals surface area contributed by atoms with Crippen LogP contribution in [0.1, 0.15) is 19.4 Å². The van der Waals surface area contributed by atoms with Gasteiger partial charge >= 0.3 is 0 Å². The predicted molar refractivity (Wildman–Crippen MR) is 59.8 cm³/mol. The second-order valence-electron chi connectivity index (χ2n) is 3.09. The molecule has 0 aliphatic carbocycles. The molecule has 71 valence electrons. The summed E-state index contributed by atoms with van der Waals surface area (Å²) in [6.45, 7) is 4.25. The Hall–Kier alpha value is -0.0800. The fourth-order valence-electron chi connectivity index (χ4n) is 1.08. The number of halogens is 2. The highest BCUT2D eigenvalue weighted by molar-refractivity contribution is 9.10. The van der Waals surface area contributed by atoms with Crippen LogP contribution in [0.25, 0.3) is 0 Å². The van der Waals surface area contributed by atoms with E-state index >= 15 is 0 Å². The molecule has 0 aromatic carbocycles. The molecular formula is C10H12BrClN. The zero-order chi connectivity index (χ0) is 9.84. The van der Waals surface area contributed by atoms with Crippen LogP contribution in [0.3, 0.4) is 0 Å². The van der Waals surface area contributed by atoms with E-state index in [0.29, 0.717) is 11.1 Å². The molecular weight excluding hydrogens is 249 g/mol. The number of hydrogen-bond acceptors (Lipinski definition) is 1. The lowest BCUT2D eigenvalue weighted by atomic mass is 10.00. The van der Waals surface area contributed by atoms with E-state index in [0.717, 1.165) is 10.9 Å². The summed E-state index contributed by atoms with van der Waals surface area (Å²) in [5.41, 5.74) is 1.21. The van der Waals surface area contributed by atoms with Crippen molar-refractivity contribution in [2.45, 2.75) is 20.3 Å². The molecule has 0 N–H and O–H groups in total. The van der Waals surface area contributed by atoms with Crippen molar-refractivity contribution in [1.29, 1.82) is 0 Å². The Morgan fingerprint density at radius 1 is 1.69 bits per heavy atom. The van der Waals surface area contributed by atoms with E-state index in [-0.39, 0.29) is 0 Å². The first-order valence-electron chi connectivity index (χ1n) is 4.23. The minimum atomic E-state index is 0.542. The lowest BCUT2D eigenvalue weighted by Gasteiger charge is -2.09. The summed E-state index contributed by atoms with van der Waals surface area (Å²) in [6.07, 6.45) is 4.92. The highest BCUT2D eigenvalue weighted by Gasteiger charge is 2.07. The Balaban J connectivity index is 2.83. The SMILES string of the molecule is C[CH]C(C)Cc1ccnc(Cl)c1Br. The summed E-state index contributed by atoms with van der Waals surface area (Å²) < 4.78 is 0.922. The molecule has 3 heteroatoms. The van der Waals surface area contributed by atoms with Gasteiger partial charge in [-0.1, -0.05) is 25.4 Å². The van der Waals surface area contributed by atoms with Gasteiger partial charge in [-0.25, -0.2) is 4.98 Å². The van der Waals surface area contributed by atoms with Crippen molar-refractivity contribution in [3.8, 4) is 0 Å². The van der Waals surface area contributed by atoms with Gasteiger partial charge in [-0.15, -0.1) is 0 Å². The maximum Gasteiger partial charge on any atom is 0.143 e. The topological polar surface area (TPSA) is 12.9 Å². The van der Waals surface area contributed by atoms with Crippen molar-refractivity contribution in [2.24, 2.45) is 5.92 Å². The van der Waals surface area contributed by atoms with Gasteiger partial charge in [0.05, 0.1) is 4.47 Å². The van der Waals surface area contributed by atoms with E-state index in [2.05, 4.69) is 41.2 Å². The molecule has 0 saturated heterocycles. The maximum atomic E-state index is 5.87. The quantitative estimate of drug-likeness (QED) is 0.752. The Kier molecular flexibility index (Phi) is 4.20. The largest absolute Gasteiger partial charge is 0.243 e. The smallest absolute Gasteiger partial charge is 0.143 e. The molecule has 0 amide bonds. The highest BCUT2D eigenvalue weighted by Crippen LogP contribution is 2.26. The summed E-state index contributed by atoms with van der Waals surface area (Å²) in [5.74, 6) is 0.565. The third-order valence-electron chi connectivity index (χ3n) is 2.04. The second kappa shape index (κ2) is 4.97. The van der Waals surface area contributed by atoms with E-state index < -0.39 is 0 Å². The van der Waals surface area contributed by atoms with E-state index in [9.17, 15) is 0 Å². The molecule has 0 saturated carbocycles. The van der Waals surface area contributed by atoms with Gasteiger partial charge in [0.1, 0.15) is 5.15 Å². The average molecular weight is 262 g/mol. The fourth-order valence-corrected chi connectivity index (χ4v) is 1.65. The molecule has 1 aromatic heterocycles. The Bertz CT molecular complexity index is 288. The lowest BCUT2D eigenvalue weighted by Crippen LogP contribution is -1.99. The Labute approximate surface area is 92.6 Å². The van der Waals surface area contributed by atoms with Gasteiger partial charge in [-0.2, -0.15) is 0 Å². The third kappa shape index (κ3) is 2.96. The number of pyridine rings is 1. The van der Waals surface area contributed by atoms with Gasteiger partial charge in [0.2, 0.25) is 0 Å². The molecule has 1 unspecified atom stereocenters. The van der Waals surface area contributed by atoms with Crippen LogP contribution in [-0.4, -0.2) is 4.98 Å². The van der Waals surface area contributed by atoms with E-state index in [1.54, 1.807) is 6.20 Å².